The summed E-state index contributed by atoms with van der Waals surface area (Å²) in [7, 11) is 1.65. The molecule has 1 amide bonds. The molecule has 0 saturated carbocycles. The van der Waals surface area contributed by atoms with E-state index >= 15 is 0 Å². The van der Waals surface area contributed by atoms with Crippen molar-refractivity contribution in [2.45, 2.75) is 19.3 Å². The Balaban J connectivity index is 1.37. The number of nitrogens with zero attached hydrogens (tertiary/aromatic N) is 2. The zero-order valence-corrected chi connectivity index (χ0v) is 15.8. The van der Waals surface area contributed by atoms with Crippen molar-refractivity contribution in [1.29, 1.82) is 0 Å². The van der Waals surface area contributed by atoms with Crippen LogP contribution in [0.15, 0.2) is 29.6 Å². The number of methoxy groups -OCH3 is 1. The van der Waals surface area contributed by atoms with Crippen LogP contribution in [0.1, 0.15) is 29.8 Å². The molecule has 0 radical (unpaired) electrons. The number of anilines is 2. The van der Waals surface area contributed by atoms with Crippen LogP contribution in [-0.2, 0) is 0 Å². The molecule has 0 bridgehead atoms. The molecule has 138 valence electrons. The number of rotatable bonds is 4. The molecule has 26 heavy (non-hydrogen) atoms. The number of amides is 1. The highest BCUT2D eigenvalue weighted by atomic mass is 32.1. The molecule has 2 fully saturated rings. The van der Waals surface area contributed by atoms with Gasteiger partial charge in [0.1, 0.15) is 11.4 Å². The quantitative estimate of drug-likeness (QED) is 0.863. The van der Waals surface area contributed by atoms with Gasteiger partial charge in [-0.25, -0.2) is 4.98 Å². The van der Waals surface area contributed by atoms with Crippen molar-refractivity contribution in [3.05, 3.63) is 35.3 Å². The topological polar surface area (TPSA) is 66.5 Å². The van der Waals surface area contributed by atoms with Crippen molar-refractivity contribution < 1.29 is 9.53 Å². The summed E-state index contributed by atoms with van der Waals surface area (Å²) in [4.78, 5) is 19.2. The van der Waals surface area contributed by atoms with Gasteiger partial charge in [-0.05, 0) is 55.5 Å². The summed E-state index contributed by atoms with van der Waals surface area (Å²) in [5, 5.41) is 9.28. The zero-order valence-electron chi connectivity index (χ0n) is 15.0. The Bertz CT molecular complexity index is 758. The van der Waals surface area contributed by atoms with E-state index in [0.717, 1.165) is 55.6 Å². The number of piperidine rings is 1. The lowest BCUT2D eigenvalue weighted by atomic mass is 9.78. The summed E-state index contributed by atoms with van der Waals surface area (Å²) in [5.41, 5.74) is 1.87. The molecule has 1 aromatic heterocycles. The summed E-state index contributed by atoms with van der Waals surface area (Å²) >= 11 is 1.45. The number of aromatic nitrogens is 1. The Morgan fingerprint density at radius 1 is 1.27 bits per heavy atom. The van der Waals surface area contributed by atoms with Crippen LogP contribution in [0.3, 0.4) is 0 Å². The first-order chi connectivity index (χ1) is 12.7. The average Bonchev–Trinajstić information content (AvgIpc) is 3.33. The lowest BCUT2D eigenvalue weighted by Crippen LogP contribution is -2.44. The van der Waals surface area contributed by atoms with E-state index in [2.05, 4.69) is 15.6 Å². The van der Waals surface area contributed by atoms with E-state index in [0.29, 0.717) is 11.1 Å². The van der Waals surface area contributed by atoms with Gasteiger partial charge in [-0.2, -0.15) is 0 Å². The highest BCUT2D eigenvalue weighted by Crippen LogP contribution is 2.37. The minimum absolute atomic E-state index is 0.0461. The van der Waals surface area contributed by atoms with E-state index in [9.17, 15) is 4.79 Å². The van der Waals surface area contributed by atoms with E-state index in [1.165, 1.54) is 17.8 Å². The fourth-order valence-electron chi connectivity index (χ4n) is 3.80. The number of hydrogen-bond donors (Lipinski definition) is 2. The van der Waals surface area contributed by atoms with E-state index in [-0.39, 0.29) is 5.91 Å². The number of thiazole rings is 1. The lowest BCUT2D eigenvalue weighted by Gasteiger charge is -2.38. The number of ether oxygens (including phenoxy) is 1. The molecular weight excluding hydrogens is 348 g/mol. The predicted molar refractivity (Wildman–Crippen MR) is 103 cm³/mol. The minimum Gasteiger partial charge on any atom is -0.497 e. The van der Waals surface area contributed by atoms with Gasteiger partial charge in [-0.3, -0.25) is 4.79 Å². The lowest BCUT2D eigenvalue weighted by molar-refractivity contribution is 0.0603. The van der Waals surface area contributed by atoms with Crippen molar-refractivity contribution >= 4 is 28.1 Å². The molecular formula is C19H24N4O2S. The molecule has 6 nitrogen and oxygen atoms in total. The van der Waals surface area contributed by atoms with Crippen molar-refractivity contribution in [1.82, 2.24) is 15.2 Å². The monoisotopic (exact) mass is 372 g/mol. The third-order valence-corrected chi connectivity index (χ3v) is 6.27. The van der Waals surface area contributed by atoms with Gasteiger partial charge >= 0.3 is 0 Å². The second-order valence-corrected chi connectivity index (χ2v) is 7.97. The van der Waals surface area contributed by atoms with Crippen LogP contribution in [0.2, 0.25) is 0 Å². The molecule has 0 unspecified atom stereocenters. The molecule has 2 N–H and O–H groups in total. The molecule has 0 aliphatic carbocycles. The summed E-state index contributed by atoms with van der Waals surface area (Å²) in [5.74, 6) is 0.857. The molecule has 0 atom stereocenters. The standard InChI is InChI=1S/C19H24N4O2S/c1-25-15-4-2-14(3-5-15)21-18-22-16(12-26-18)17(24)23-10-7-19(8-11-23)6-9-20-13-19/h2-5,12,20H,6-11,13H2,1H3,(H,21,22). The van der Waals surface area contributed by atoms with Gasteiger partial charge in [0.2, 0.25) is 0 Å². The van der Waals surface area contributed by atoms with Crippen LogP contribution in [0.5, 0.6) is 5.75 Å². The smallest absolute Gasteiger partial charge is 0.273 e. The van der Waals surface area contributed by atoms with Gasteiger partial charge in [0.15, 0.2) is 5.13 Å². The number of carbonyl (C=O) groups excluding carboxylic acids is 1. The van der Waals surface area contributed by atoms with Gasteiger partial charge < -0.3 is 20.3 Å². The number of carbonyl (C=O) groups is 1. The van der Waals surface area contributed by atoms with E-state index in [4.69, 9.17) is 4.74 Å². The Kier molecular flexibility index (Phi) is 4.82. The normalized spacial score (nSPS) is 18.9. The molecule has 1 aromatic carbocycles. The van der Waals surface area contributed by atoms with E-state index in [1.54, 1.807) is 7.11 Å². The average molecular weight is 372 g/mol. The van der Waals surface area contributed by atoms with Gasteiger partial charge in [-0.1, -0.05) is 0 Å². The second-order valence-electron chi connectivity index (χ2n) is 7.11. The Morgan fingerprint density at radius 3 is 2.69 bits per heavy atom. The van der Waals surface area contributed by atoms with Crippen LogP contribution in [0.4, 0.5) is 10.8 Å². The molecule has 7 heteroatoms. The maximum absolute atomic E-state index is 12.8. The van der Waals surface area contributed by atoms with Gasteiger partial charge in [0.25, 0.3) is 5.91 Å². The number of likely N-dealkylation sites (tertiary alicyclic amines) is 1. The maximum atomic E-state index is 12.8. The first-order valence-electron chi connectivity index (χ1n) is 9.04. The molecule has 2 aliphatic rings. The highest BCUT2D eigenvalue weighted by molar-refractivity contribution is 7.14. The van der Waals surface area contributed by atoms with E-state index < -0.39 is 0 Å². The van der Waals surface area contributed by atoms with Crippen LogP contribution in [0.25, 0.3) is 0 Å². The van der Waals surface area contributed by atoms with Crippen molar-refractivity contribution in [2.24, 2.45) is 5.41 Å². The Hall–Kier alpha value is -2.12. The Morgan fingerprint density at radius 2 is 2.04 bits per heavy atom. The van der Waals surface area contributed by atoms with Crippen LogP contribution in [-0.4, -0.2) is 49.1 Å². The molecule has 2 aromatic rings. The molecule has 2 saturated heterocycles. The van der Waals surface area contributed by atoms with Crippen LogP contribution >= 0.6 is 11.3 Å². The fraction of sp³-hybridized carbons (Fsp3) is 0.474. The van der Waals surface area contributed by atoms with E-state index in [1.807, 2.05) is 34.5 Å². The summed E-state index contributed by atoms with van der Waals surface area (Å²) in [6.07, 6.45) is 3.42. The van der Waals surface area contributed by atoms with Gasteiger partial charge in [0, 0.05) is 30.7 Å². The van der Waals surface area contributed by atoms with Crippen LogP contribution in [0, 0.1) is 5.41 Å². The van der Waals surface area contributed by atoms with Gasteiger partial charge in [0.05, 0.1) is 7.11 Å². The summed E-state index contributed by atoms with van der Waals surface area (Å²) in [6.45, 7) is 3.88. The third-order valence-electron chi connectivity index (χ3n) is 5.51. The first-order valence-corrected chi connectivity index (χ1v) is 9.92. The summed E-state index contributed by atoms with van der Waals surface area (Å²) in [6, 6.07) is 7.65. The molecule has 3 heterocycles. The molecule has 4 rings (SSSR count). The molecule has 2 aliphatic heterocycles. The van der Waals surface area contributed by atoms with Crippen molar-refractivity contribution in [2.75, 3.05) is 38.6 Å². The number of benzene rings is 1. The third kappa shape index (κ3) is 3.54. The number of hydrogen-bond acceptors (Lipinski definition) is 6. The molecule has 1 spiro atoms. The Labute approximate surface area is 157 Å². The highest BCUT2D eigenvalue weighted by Gasteiger charge is 2.38. The van der Waals surface area contributed by atoms with Crippen molar-refractivity contribution in [3.8, 4) is 5.75 Å². The minimum atomic E-state index is 0.0461. The van der Waals surface area contributed by atoms with Crippen LogP contribution < -0.4 is 15.4 Å². The predicted octanol–water partition coefficient (Wildman–Crippen LogP) is 3.11. The fourth-order valence-corrected chi connectivity index (χ4v) is 4.50. The second kappa shape index (κ2) is 7.25. The summed E-state index contributed by atoms with van der Waals surface area (Å²) < 4.78 is 5.16. The maximum Gasteiger partial charge on any atom is 0.273 e. The van der Waals surface area contributed by atoms with Crippen molar-refractivity contribution in [3.63, 3.8) is 0 Å². The zero-order chi connectivity index (χ0) is 18.0. The van der Waals surface area contributed by atoms with Gasteiger partial charge in [-0.15, -0.1) is 11.3 Å². The number of nitrogens with one attached hydrogen (secondary N) is 2. The first kappa shape index (κ1) is 17.3. The SMILES string of the molecule is COc1ccc(Nc2nc(C(=O)N3CCC4(CCNC4)CC3)cs2)cc1. The largest absolute Gasteiger partial charge is 0.497 e.